The van der Waals surface area contributed by atoms with Gasteiger partial charge in [-0.25, -0.2) is 0 Å². The molecule has 1 aromatic carbocycles. The van der Waals surface area contributed by atoms with Gasteiger partial charge in [0.1, 0.15) is 0 Å². The maximum absolute atomic E-state index is 6.05. The first-order valence-electron chi connectivity index (χ1n) is 5.42. The summed E-state index contributed by atoms with van der Waals surface area (Å²) in [5.41, 5.74) is 8.51. The second kappa shape index (κ2) is 5.66. The van der Waals surface area contributed by atoms with Crippen LogP contribution >= 0.6 is 11.6 Å². The Morgan fingerprint density at radius 2 is 2.06 bits per heavy atom. The summed E-state index contributed by atoms with van der Waals surface area (Å²) < 4.78 is 0. The quantitative estimate of drug-likeness (QED) is 0.874. The van der Waals surface area contributed by atoms with Gasteiger partial charge in [-0.05, 0) is 29.8 Å². The van der Waals surface area contributed by atoms with Crippen molar-refractivity contribution >= 4 is 17.3 Å². The lowest BCUT2D eigenvalue weighted by Crippen LogP contribution is -2.03. The molecule has 0 unspecified atom stereocenters. The highest BCUT2D eigenvalue weighted by Gasteiger charge is 1.99. The number of pyridine rings is 1. The molecular formula is C13H14ClN3. The summed E-state index contributed by atoms with van der Waals surface area (Å²) in [5, 5.41) is 4.00. The third kappa shape index (κ3) is 3.19. The van der Waals surface area contributed by atoms with Gasteiger partial charge in [-0.3, -0.25) is 4.98 Å². The van der Waals surface area contributed by atoms with Gasteiger partial charge in [-0.2, -0.15) is 0 Å². The third-order valence-electron chi connectivity index (χ3n) is 2.45. The zero-order valence-electron chi connectivity index (χ0n) is 9.36. The summed E-state index contributed by atoms with van der Waals surface area (Å²) in [7, 11) is 0. The third-order valence-corrected chi connectivity index (χ3v) is 2.78. The molecule has 0 aliphatic heterocycles. The van der Waals surface area contributed by atoms with Crippen molar-refractivity contribution in [2.45, 2.75) is 13.1 Å². The van der Waals surface area contributed by atoms with Crippen molar-refractivity contribution in [1.29, 1.82) is 0 Å². The Labute approximate surface area is 106 Å². The van der Waals surface area contributed by atoms with Gasteiger partial charge in [-0.15, -0.1) is 0 Å². The molecule has 17 heavy (non-hydrogen) atoms. The Morgan fingerprint density at radius 1 is 1.24 bits per heavy atom. The molecule has 0 saturated carbocycles. The molecule has 0 aliphatic carbocycles. The fourth-order valence-corrected chi connectivity index (χ4v) is 1.75. The highest BCUT2D eigenvalue weighted by molar-refractivity contribution is 6.33. The van der Waals surface area contributed by atoms with Gasteiger partial charge in [0.25, 0.3) is 0 Å². The number of hydrogen-bond donors (Lipinski definition) is 2. The molecule has 0 saturated heterocycles. The van der Waals surface area contributed by atoms with Gasteiger partial charge >= 0.3 is 0 Å². The molecule has 4 heteroatoms. The lowest BCUT2D eigenvalue weighted by Gasteiger charge is -2.08. The maximum atomic E-state index is 6.05. The predicted octanol–water partition coefficient (Wildman–Crippen LogP) is 2.81. The first-order chi connectivity index (χ1) is 8.29. The standard InChI is InChI=1S/C13H14ClN3/c14-12-3-1-2-4-13(12)17-9-10-5-6-16-11(7-10)8-15/h1-7,17H,8-9,15H2. The van der Waals surface area contributed by atoms with Crippen LogP contribution < -0.4 is 11.1 Å². The molecule has 0 atom stereocenters. The van der Waals surface area contributed by atoms with E-state index >= 15 is 0 Å². The van der Waals surface area contributed by atoms with E-state index in [9.17, 15) is 0 Å². The minimum absolute atomic E-state index is 0.458. The van der Waals surface area contributed by atoms with Crippen LogP contribution in [-0.4, -0.2) is 4.98 Å². The van der Waals surface area contributed by atoms with Crippen molar-refractivity contribution in [3.63, 3.8) is 0 Å². The Balaban J connectivity index is 2.05. The first-order valence-corrected chi connectivity index (χ1v) is 5.79. The van der Waals surface area contributed by atoms with Crippen molar-refractivity contribution < 1.29 is 0 Å². The Bertz CT molecular complexity index is 500. The number of hydrogen-bond acceptors (Lipinski definition) is 3. The number of nitrogens with zero attached hydrogens (tertiary/aromatic N) is 1. The molecule has 1 aromatic heterocycles. The molecule has 0 radical (unpaired) electrons. The molecule has 0 amide bonds. The van der Waals surface area contributed by atoms with Crippen molar-refractivity contribution in [3.05, 3.63) is 58.9 Å². The topological polar surface area (TPSA) is 50.9 Å². The fraction of sp³-hybridized carbons (Fsp3) is 0.154. The van der Waals surface area contributed by atoms with E-state index in [0.717, 1.165) is 22.0 Å². The van der Waals surface area contributed by atoms with Crippen LogP contribution in [0.3, 0.4) is 0 Å². The van der Waals surface area contributed by atoms with Crippen molar-refractivity contribution in [2.24, 2.45) is 5.73 Å². The Hall–Kier alpha value is -1.58. The summed E-state index contributed by atoms with van der Waals surface area (Å²) in [6.07, 6.45) is 1.77. The Morgan fingerprint density at radius 3 is 2.82 bits per heavy atom. The van der Waals surface area contributed by atoms with Crippen LogP contribution in [0.4, 0.5) is 5.69 Å². The number of para-hydroxylation sites is 1. The van der Waals surface area contributed by atoms with Gasteiger partial charge in [0, 0.05) is 19.3 Å². The number of rotatable bonds is 4. The summed E-state index contributed by atoms with van der Waals surface area (Å²) in [6.45, 7) is 1.17. The molecule has 0 bridgehead atoms. The molecule has 88 valence electrons. The maximum Gasteiger partial charge on any atom is 0.0637 e. The van der Waals surface area contributed by atoms with E-state index in [1.54, 1.807) is 6.20 Å². The van der Waals surface area contributed by atoms with Crippen molar-refractivity contribution in [2.75, 3.05) is 5.32 Å². The van der Waals surface area contributed by atoms with Crippen LogP contribution in [0.25, 0.3) is 0 Å². The van der Waals surface area contributed by atoms with E-state index < -0.39 is 0 Å². The van der Waals surface area contributed by atoms with Crippen LogP contribution in [-0.2, 0) is 13.1 Å². The highest BCUT2D eigenvalue weighted by atomic mass is 35.5. The van der Waals surface area contributed by atoms with Crippen LogP contribution in [0, 0.1) is 0 Å². The van der Waals surface area contributed by atoms with E-state index in [1.807, 2.05) is 36.4 Å². The smallest absolute Gasteiger partial charge is 0.0637 e. The molecular weight excluding hydrogens is 234 g/mol. The van der Waals surface area contributed by atoms with E-state index in [2.05, 4.69) is 10.3 Å². The van der Waals surface area contributed by atoms with E-state index in [4.69, 9.17) is 17.3 Å². The average molecular weight is 248 g/mol. The molecule has 3 nitrogen and oxygen atoms in total. The minimum atomic E-state index is 0.458. The van der Waals surface area contributed by atoms with Crippen molar-refractivity contribution in [1.82, 2.24) is 4.98 Å². The zero-order chi connectivity index (χ0) is 12.1. The normalized spacial score (nSPS) is 10.2. The minimum Gasteiger partial charge on any atom is -0.380 e. The number of halogens is 1. The highest BCUT2D eigenvalue weighted by Crippen LogP contribution is 2.21. The lowest BCUT2D eigenvalue weighted by molar-refractivity contribution is 0.973. The van der Waals surface area contributed by atoms with Gasteiger partial charge in [0.05, 0.1) is 16.4 Å². The number of nitrogens with one attached hydrogen (secondary N) is 1. The number of anilines is 1. The Kier molecular flexibility index (Phi) is 3.96. The average Bonchev–Trinajstić information content (AvgIpc) is 2.38. The molecule has 2 rings (SSSR count). The largest absolute Gasteiger partial charge is 0.380 e. The van der Waals surface area contributed by atoms with Crippen molar-refractivity contribution in [3.8, 4) is 0 Å². The molecule has 1 heterocycles. The zero-order valence-corrected chi connectivity index (χ0v) is 10.1. The summed E-state index contributed by atoms with van der Waals surface area (Å²) in [6, 6.07) is 11.6. The first kappa shape index (κ1) is 11.9. The summed E-state index contributed by atoms with van der Waals surface area (Å²) >= 11 is 6.05. The summed E-state index contributed by atoms with van der Waals surface area (Å²) in [4.78, 5) is 4.15. The van der Waals surface area contributed by atoms with Crippen LogP contribution in [0.1, 0.15) is 11.3 Å². The van der Waals surface area contributed by atoms with Gasteiger partial charge < -0.3 is 11.1 Å². The second-order valence-corrected chi connectivity index (χ2v) is 4.10. The number of nitrogens with two attached hydrogens (primary N) is 1. The fourth-order valence-electron chi connectivity index (χ4n) is 1.55. The second-order valence-electron chi connectivity index (χ2n) is 3.69. The van der Waals surface area contributed by atoms with Gasteiger partial charge in [0.15, 0.2) is 0 Å². The van der Waals surface area contributed by atoms with E-state index in [-0.39, 0.29) is 0 Å². The van der Waals surface area contributed by atoms with E-state index in [0.29, 0.717) is 13.1 Å². The molecule has 3 N–H and O–H groups in total. The van der Waals surface area contributed by atoms with Crippen LogP contribution in [0.2, 0.25) is 5.02 Å². The van der Waals surface area contributed by atoms with Gasteiger partial charge in [-0.1, -0.05) is 23.7 Å². The molecule has 0 spiro atoms. The number of benzene rings is 1. The van der Waals surface area contributed by atoms with Crippen LogP contribution in [0.15, 0.2) is 42.6 Å². The monoisotopic (exact) mass is 247 g/mol. The van der Waals surface area contributed by atoms with Crippen LogP contribution in [0.5, 0.6) is 0 Å². The molecule has 2 aromatic rings. The summed E-state index contributed by atoms with van der Waals surface area (Å²) in [5.74, 6) is 0. The number of aromatic nitrogens is 1. The predicted molar refractivity (Wildman–Crippen MR) is 70.9 cm³/mol. The lowest BCUT2D eigenvalue weighted by atomic mass is 10.2. The molecule has 0 fully saturated rings. The van der Waals surface area contributed by atoms with Gasteiger partial charge in [0.2, 0.25) is 0 Å². The molecule has 0 aliphatic rings. The SMILES string of the molecule is NCc1cc(CNc2ccccc2Cl)ccn1. The van der Waals surface area contributed by atoms with E-state index in [1.165, 1.54) is 0 Å².